The van der Waals surface area contributed by atoms with E-state index in [0.717, 1.165) is 21.9 Å². The molecule has 4 nitrogen and oxygen atoms in total. The molecule has 5 heteroatoms. The number of hydrogen-bond acceptors (Lipinski definition) is 3. The molecule has 1 N–H and O–H groups in total. The third-order valence-corrected chi connectivity index (χ3v) is 4.08. The number of halogens is 1. The molecule has 2 aromatic carbocycles. The standard InChI is InChI=1S/C19H13ClO4/c1-11-6-19(21)24-18-9-14(3-4-16(11)18)22-10-15-8-12-7-13(20)2-5-17(12)23-15/h2-9H,10H2,1H3/p+1. The zero-order valence-corrected chi connectivity index (χ0v) is 13.6. The average molecular weight is 342 g/mol. The van der Waals surface area contributed by atoms with E-state index in [-0.39, 0.29) is 12.2 Å². The minimum Gasteiger partial charge on any atom is -0.485 e. The van der Waals surface area contributed by atoms with E-state index in [1.807, 2.05) is 37.3 Å². The number of fused-ring (bicyclic) bond motifs is 2. The highest BCUT2D eigenvalue weighted by molar-refractivity contribution is 6.31. The molecule has 24 heavy (non-hydrogen) atoms. The number of rotatable bonds is 3. The summed E-state index contributed by atoms with van der Waals surface area (Å²) in [6, 6.07) is 14.5. The summed E-state index contributed by atoms with van der Waals surface area (Å²) in [5, 5.41) is 2.54. The van der Waals surface area contributed by atoms with Crippen LogP contribution in [0.25, 0.3) is 21.9 Å². The van der Waals surface area contributed by atoms with Crippen LogP contribution < -0.4 is 10.4 Å². The van der Waals surface area contributed by atoms with Gasteiger partial charge in [-0.25, -0.2) is 0 Å². The largest absolute Gasteiger partial charge is 0.516 e. The first kappa shape index (κ1) is 14.8. The van der Waals surface area contributed by atoms with Crippen molar-refractivity contribution in [2.24, 2.45) is 0 Å². The van der Waals surface area contributed by atoms with E-state index in [1.54, 1.807) is 18.2 Å². The highest BCUT2D eigenvalue weighted by Crippen LogP contribution is 2.26. The predicted octanol–water partition coefficient (Wildman–Crippen LogP) is 4.72. The van der Waals surface area contributed by atoms with Crippen LogP contribution in [0.15, 0.2) is 57.4 Å². The van der Waals surface area contributed by atoms with E-state index in [0.29, 0.717) is 22.1 Å². The van der Waals surface area contributed by atoms with E-state index in [1.165, 1.54) is 0 Å². The molecule has 2 heterocycles. The molecule has 0 fully saturated rings. The van der Waals surface area contributed by atoms with Crippen molar-refractivity contribution in [3.05, 3.63) is 70.5 Å². The van der Waals surface area contributed by atoms with Crippen LogP contribution in [-0.4, -0.2) is 4.79 Å². The van der Waals surface area contributed by atoms with Gasteiger partial charge in [-0.2, -0.15) is 0 Å². The van der Waals surface area contributed by atoms with Crippen LogP contribution in [0.4, 0.5) is 0 Å². The Hall–Kier alpha value is -2.72. The third-order valence-electron chi connectivity index (χ3n) is 3.84. The number of benzene rings is 2. The normalized spacial score (nSPS) is 11.2. The summed E-state index contributed by atoms with van der Waals surface area (Å²) in [5.41, 5.74) is 2.16. The van der Waals surface area contributed by atoms with Crippen LogP contribution in [0.2, 0.25) is 5.02 Å². The second kappa shape index (κ2) is 5.73. The van der Waals surface area contributed by atoms with Crippen molar-refractivity contribution in [2.75, 3.05) is 0 Å². The van der Waals surface area contributed by atoms with Gasteiger partial charge in [-0.3, -0.25) is 4.42 Å². The fraction of sp³-hybridized carbons (Fsp3) is 0.105. The molecule has 0 saturated carbocycles. The Balaban J connectivity index is 1.60. The fourth-order valence-electron chi connectivity index (χ4n) is 2.70. The van der Waals surface area contributed by atoms with Crippen LogP contribution in [0.1, 0.15) is 11.3 Å². The summed E-state index contributed by atoms with van der Waals surface area (Å²) < 4.78 is 16.8. The van der Waals surface area contributed by atoms with Crippen LogP contribution in [0.3, 0.4) is 0 Å². The maximum absolute atomic E-state index is 9.58. The van der Waals surface area contributed by atoms with Gasteiger partial charge in [0.15, 0.2) is 0 Å². The molecule has 0 bridgehead atoms. The SMILES string of the molecule is Cc1cc(=[OH+])oc2cc(OCc3cc4cc(Cl)ccc4o3)ccc12. The third kappa shape index (κ3) is 2.76. The van der Waals surface area contributed by atoms with Gasteiger partial charge in [-0.05, 0) is 48.9 Å². The summed E-state index contributed by atoms with van der Waals surface area (Å²) >= 11 is 5.98. The van der Waals surface area contributed by atoms with Gasteiger partial charge in [0.2, 0.25) is 0 Å². The first-order chi connectivity index (χ1) is 11.6. The monoisotopic (exact) mass is 341 g/mol. The van der Waals surface area contributed by atoms with Gasteiger partial charge in [0.1, 0.15) is 23.7 Å². The van der Waals surface area contributed by atoms with Gasteiger partial charge >= 0.3 is 5.63 Å². The molecule has 0 aliphatic rings. The Morgan fingerprint density at radius 2 is 1.88 bits per heavy atom. The maximum atomic E-state index is 9.58. The average Bonchev–Trinajstić information content (AvgIpc) is 2.94. The van der Waals surface area contributed by atoms with Crippen LogP contribution >= 0.6 is 11.6 Å². The van der Waals surface area contributed by atoms with Gasteiger partial charge in [-0.1, -0.05) is 11.6 Å². The second-order valence-electron chi connectivity index (χ2n) is 5.61. The van der Waals surface area contributed by atoms with Crippen molar-refractivity contribution in [3.63, 3.8) is 0 Å². The van der Waals surface area contributed by atoms with Gasteiger partial charge in [0, 0.05) is 10.4 Å². The summed E-state index contributed by atoms with van der Waals surface area (Å²) in [4.78, 5) is 9.58. The predicted molar refractivity (Wildman–Crippen MR) is 91.6 cm³/mol. The lowest BCUT2D eigenvalue weighted by Crippen LogP contribution is -2.00. The Labute approximate surface area is 142 Å². The van der Waals surface area contributed by atoms with Crippen molar-refractivity contribution in [1.29, 1.82) is 0 Å². The van der Waals surface area contributed by atoms with Gasteiger partial charge in [0.25, 0.3) is 5.58 Å². The highest BCUT2D eigenvalue weighted by atomic mass is 35.5. The molecule has 0 unspecified atom stereocenters. The lowest BCUT2D eigenvalue weighted by molar-refractivity contribution is 0.274. The first-order valence-electron chi connectivity index (χ1n) is 7.46. The quantitative estimate of drug-likeness (QED) is 0.400. The van der Waals surface area contributed by atoms with Crippen molar-refractivity contribution < 1.29 is 18.4 Å². The Kier molecular flexibility index (Phi) is 3.54. The fourth-order valence-corrected chi connectivity index (χ4v) is 2.88. The molecule has 4 rings (SSSR count). The number of ether oxygens (including phenoxy) is 1. The topological polar surface area (TPSA) is 56.9 Å². The molecule has 0 saturated heterocycles. The summed E-state index contributed by atoms with van der Waals surface area (Å²) in [5.74, 6) is 1.34. The highest BCUT2D eigenvalue weighted by Gasteiger charge is 2.10. The molecule has 4 aromatic rings. The van der Waals surface area contributed by atoms with Gasteiger partial charge in [-0.15, -0.1) is 0 Å². The van der Waals surface area contributed by atoms with E-state index < -0.39 is 0 Å². The molecule has 0 atom stereocenters. The summed E-state index contributed by atoms with van der Waals surface area (Å²) in [6.07, 6.45) is 0. The van der Waals surface area contributed by atoms with Gasteiger partial charge < -0.3 is 13.9 Å². The number of hydrogen-bond donors (Lipinski definition) is 0. The first-order valence-corrected chi connectivity index (χ1v) is 7.83. The van der Waals surface area contributed by atoms with E-state index in [4.69, 9.17) is 25.2 Å². The molecular weight excluding hydrogens is 328 g/mol. The number of furan rings is 1. The Morgan fingerprint density at radius 1 is 1.00 bits per heavy atom. The minimum absolute atomic E-state index is 0.119. The molecule has 0 aliphatic heterocycles. The summed E-state index contributed by atoms with van der Waals surface area (Å²) in [6.45, 7) is 2.20. The Bertz CT molecular complexity index is 1110. The van der Waals surface area contributed by atoms with Crippen LogP contribution in [-0.2, 0) is 6.61 Å². The Morgan fingerprint density at radius 3 is 2.75 bits per heavy atom. The second-order valence-corrected chi connectivity index (χ2v) is 6.05. The molecule has 120 valence electrons. The van der Waals surface area contributed by atoms with Crippen molar-refractivity contribution in [2.45, 2.75) is 13.5 Å². The summed E-state index contributed by atoms with van der Waals surface area (Å²) in [7, 11) is 0. The van der Waals surface area contributed by atoms with E-state index >= 15 is 0 Å². The molecule has 2 aromatic heterocycles. The lowest BCUT2D eigenvalue weighted by atomic mass is 10.1. The molecule has 0 aliphatic carbocycles. The maximum Gasteiger partial charge on any atom is 0.516 e. The molecule has 0 amide bonds. The minimum atomic E-state index is -0.119. The van der Waals surface area contributed by atoms with E-state index in [9.17, 15) is 4.79 Å². The zero-order chi connectivity index (χ0) is 16.7. The van der Waals surface area contributed by atoms with Gasteiger partial charge in [0.05, 0.1) is 17.5 Å². The van der Waals surface area contributed by atoms with Crippen molar-refractivity contribution in [1.82, 2.24) is 0 Å². The van der Waals surface area contributed by atoms with Crippen molar-refractivity contribution >= 4 is 33.5 Å². The lowest BCUT2D eigenvalue weighted by Gasteiger charge is -2.04. The molecular formula is C19H14ClO4+. The zero-order valence-electron chi connectivity index (χ0n) is 12.9. The smallest absolute Gasteiger partial charge is 0.485 e. The van der Waals surface area contributed by atoms with Crippen LogP contribution in [0.5, 0.6) is 5.75 Å². The molecule has 0 spiro atoms. The van der Waals surface area contributed by atoms with E-state index in [2.05, 4.69) is 0 Å². The van der Waals surface area contributed by atoms with Crippen molar-refractivity contribution in [3.8, 4) is 5.75 Å². The van der Waals surface area contributed by atoms with Crippen LogP contribution in [0, 0.1) is 6.92 Å². The number of aryl methyl sites for hydroxylation is 1. The molecule has 0 radical (unpaired) electrons.